The van der Waals surface area contributed by atoms with Crippen LogP contribution in [0.5, 0.6) is 0 Å². The molecule has 0 spiro atoms. The van der Waals surface area contributed by atoms with Crippen LogP contribution in [0.4, 0.5) is 0 Å². The predicted molar refractivity (Wildman–Crippen MR) is 60.4 cm³/mol. The predicted octanol–water partition coefficient (Wildman–Crippen LogP) is 0.497. The Kier molecular flexibility index (Phi) is 2.96. The van der Waals surface area contributed by atoms with Crippen molar-refractivity contribution in [3.63, 3.8) is 0 Å². The monoisotopic (exact) mass is 222 g/mol. The summed E-state index contributed by atoms with van der Waals surface area (Å²) < 4.78 is 0. The quantitative estimate of drug-likeness (QED) is 0.778. The first-order valence-electron chi connectivity index (χ1n) is 5.61. The van der Waals surface area contributed by atoms with Gasteiger partial charge >= 0.3 is 0 Å². The van der Waals surface area contributed by atoms with E-state index in [1.54, 1.807) is 17.3 Å². The topological polar surface area (TPSA) is 75.0 Å². The van der Waals surface area contributed by atoms with Crippen molar-refractivity contribution in [1.82, 2.24) is 15.1 Å². The zero-order chi connectivity index (χ0) is 11.6. The molecule has 1 saturated carbocycles. The zero-order valence-corrected chi connectivity index (χ0v) is 9.57. The standard InChI is InChI=1S/C11H18N4O/c1-15(7-9-5-13-14-6-9)10(16)11(8-12)3-2-4-11/h5-6H,2-4,7-8,12H2,1H3,(H,13,14). The van der Waals surface area contributed by atoms with Crippen molar-refractivity contribution in [2.24, 2.45) is 11.1 Å². The van der Waals surface area contributed by atoms with Crippen LogP contribution in [0, 0.1) is 5.41 Å². The minimum absolute atomic E-state index is 0.169. The lowest BCUT2D eigenvalue weighted by Gasteiger charge is -2.41. The fraction of sp³-hybridized carbons (Fsp3) is 0.636. The molecule has 0 aliphatic heterocycles. The number of amides is 1. The van der Waals surface area contributed by atoms with E-state index in [0.29, 0.717) is 13.1 Å². The molecule has 1 heterocycles. The second-order valence-electron chi connectivity index (χ2n) is 4.61. The van der Waals surface area contributed by atoms with E-state index in [1.165, 1.54) is 0 Å². The van der Waals surface area contributed by atoms with Crippen LogP contribution in [0.1, 0.15) is 24.8 Å². The molecule has 1 aromatic rings. The molecule has 1 aromatic heterocycles. The number of aromatic amines is 1. The molecule has 0 saturated heterocycles. The lowest BCUT2D eigenvalue weighted by molar-refractivity contribution is -0.145. The first-order chi connectivity index (χ1) is 7.68. The smallest absolute Gasteiger partial charge is 0.230 e. The highest BCUT2D eigenvalue weighted by atomic mass is 16.2. The molecule has 2 rings (SSSR count). The minimum Gasteiger partial charge on any atom is -0.341 e. The number of hydrogen-bond donors (Lipinski definition) is 2. The average Bonchev–Trinajstić information content (AvgIpc) is 2.69. The van der Waals surface area contributed by atoms with E-state index in [4.69, 9.17) is 5.73 Å². The third-order valence-corrected chi connectivity index (χ3v) is 3.48. The molecule has 1 aliphatic rings. The van der Waals surface area contributed by atoms with E-state index in [1.807, 2.05) is 7.05 Å². The van der Waals surface area contributed by atoms with Crippen LogP contribution in [-0.2, 0) is 11.3 Å². The third kappa shape index (κ3) is 1.82. The first kappa shape index (κ1) is 11.1. The van der Waals surface area contributed by atoms with E-state index in [0.717, 1.165) is 24.8 Å². The molecule has 1 fully saturated rings. The molecule has 0 atom stereocenters. The van der Waals surface area contributed by atoms with Gasteiger partial charge in [-0.1, -0.05) is 6.42 Å². The van der Waals surface area contributed by atoms with E-state index in [-0.39, 0.29) is 11.3 Å². The number of carbonyl (C=O) groups is 1. The van der Waals surface area contributed by atoms with Gasteiger partial charge < -0.3 is 10.6 Å². The van der Waals surface area contributed by atoms with Crippen LogP contribution in [0.15, 0.2) is 12.4 Å². The second kappa shape index (κ2) is 4.25. The van der Waals surface area contributed by atoms with Crippen molar-refractivity contribution in [2.45, 2.75) is 25.8 Å². The van der Waals surface area contributed by atoms with Gasteiger partial charge in [-0.15, -0.1) is 0 Å². The molecule has 0 bridgehead atoms. The van der Waals surface area contributed by atoms with Crippen molar-refractivity contribution < 1.29 is 4.79 Å². The van der Waals surface area contributed by atoms with Gasteiger partial charge in [-0.3, -0.25) is 9.89 Å². The Labute approximate surface area is 95.0 Å². The lowest BCUT2D eigenvalue weighted by atomic mass is 9.68. The number of H-pyrrole nitrogens is 1. The molecular formula is C11H18N4O. The number of carbonyl (C=O) groups excluding carboxylic acids is 1. The van der Waals surface area contributed by atoms with Crippen molar-refractivity contribution in [1.29, 1.82) is 0 Å². The number of nitrogens with zero attached hydrogens (tertiary/aromatic N) is 2. The van der Waals surface area contributed by atoms with Crippen LogP contribution in [0.25, 0.3) is 0 Å². The Hall–Kier alpha value is -1.36. The van der Waals surface area contributed by atoms with Crippen molar-refractivity contribution in [2.75, 3.05) is 13.6 Å². The van der Waals surface area contributed by atoms with Gasteiger partial charge in [-0.05, 0) is 12.8 Å². The number of rotatable bonds is 4. The SMILES string of the molecule is CN(Cc1cn[nH]c1)C(=O)C1(CN)CCC1. The lowest BCUT2D eigenvalue weighted by Crippen LogP contribution is -2.50. The average molecular weight is 222 g/mol. The molecule has 1 aliphatic carbocycles. The third-order valence-electron chi connectivity index (χ3n) is 3.48. The molecule has 3 N–H and O–H groups in total. The molecule has 88 valence electrons. The number of nitrogens with one attached hydrogen (secondary N) is 1. The summed E-state index contributed by atoms with van der Waals surface area (Å²) in [5, 5.41) is 6.61. The maximum absolute atomic E-state index is 12.2. The van der Waals surface area contributed by atoms with Crippen LogP contribution < -0.4 is 5.73 Å². The van der Waals surface area contributed by atoms with E-state index >= 15 is 0 Å². The minimum atomic E-state index is -0.279. The van der Waals surface area contributed by atoms with Crippen LogP contribution in [-0.4, -0.2) is 34.6 Å². The summed E-state index contributed by atoms with van der Waals surface area (Å²) in [6.07, 6.45) is 6.51. The highest BCUT2D eigenvalue weighted by Gasteiger charge is 2.44. The fourth-order valence-corrected chi connectivity index (χ4v) is 2.22. The first-order valence-corrected chi connectivity index (χ1v) is 5.61. The van der Waals surface area contributed by atoms with Crippen molar-refractivity contribution >= 4 is 5.91 Å². The molecule has 0 radical (unpaired) electrons. The van der Waals surface area contributed by atoms with Gasteiger partial charge in [0.2, 0.25) is 5.91 Å². The Balaban J connectivity index is 1.99. The summed E-state index contributed by atoms with van der Waals surface area (Å²) in [6.45, 7) is 1.05. The van der Waals surface area contributed by atoms with E-state index in [9.17, 15) is 4.79 Å². The summed E-state index contributed by atoms with van der Waals surface area (Å²) in [6, 6.07) is 0. The van der Waals surface area contributed by atoms with Gasteiger partial charge in [0.25, 0.3) is 0 Å². The normalized spacial score (nSPS) is 17.9. The number of nitrogens with two attached hydrogens (primary N) is 1. The van der Waals surface area contributed by atoms with Gasteiger partial charge in [-0.25, -0.2) is 0 Å². The Bertz CT molecular complexity index is 351. The highest BCUT2D eigenvalue weighted by molar-refractivity contribution is 5.83. The highest BCUT2D eigenvalue weighted by Crippen LogP contribution is 2.41. The maximum atomic E-state index is 12.2. The van der Waals surface area contributed by atoms with Gasteiger partial charge in [0, 0.05) is 31.9 Å². The second-order valence-corrected chi connectivity index (χ2v) is 4.61. The molecule has 0 unspecified atom stereocenters. The fourth-order valence-electron chi connectivity index (χ4n) is 2.22. The molecule has 1 amide bonds. The number of hydrogen-bond acceptors (Lipinski definition) is 3. The number of aromatic nitrogens is 2. The van der Waals surface area contributed by atoms with Gasteiger partial charge in [0.05, 0.1) is 11.6 Å². The largest absolute Gasteiger partial charge is 0.341 e. The summed E-state index contributed by atoms with van der Waals surface area (Å²) in [5.74, 6) is 0.169. The van der Waals surface area contributed by atoms with Gasteiger partial charge in [0.1, 0.15) is 0 Å². The Morgan fingerprint density at radius 3 is 2.88 bits per heavy atom. The maximum Gasteiger partial charge on any atom is 0.230 e. The van der Waals surface area contributed by atoms with E-state index < -0.39 is 0 Å². The van der Waals surface area contributed by atoms with Gasteiger partial charge in [-0.2, -0.15) is 5.10 Å². The molecular weight excluding hydrogens is 204 g/mol. The molecule has 0 aromatic carbocycles. The molecule has 5 heteroatoms. The Morgan fingerprint density at radius 2 is 2.44 bits per heavy atom. The van der Waals surface area contributed by atoms with E-state index in [2.05, 4.69) is 10.2 Å². The van der Waals surface area contributed by atoms with Gasteiger partial charge in [0.15, 0.2) is 0 Å². The summed E-state index contributed by atoms with van der Waals surface area (Å²) >= 11 is 0. The van der Waals surface area contributed by atoms with Crippen LogP contribution in [0.3, 0.4) is 0 Å². The van der Waals surface area contributed by atoms with Crippen molar-refractivity contribution in [3.05, 3.63) is 18.0 Å². The summed E-state index contributed by atoms with van der Waals surface area (Å²) in [5.41, 5.74) is 6.45. The molecule has 5 nitrogen and oxygen atoms in total. The summed E-state index contributed by atoms with van der Waals surface area (Å²) in [4.78, 5) is 14.0. The Morgan fingerprint density at radius 1 is 1.69 bits per heavy atom. The zero-order valence-electron chi connectivity index (χ0n) is 9.57. The van der Waals surface area contributed by atoms with Crippen LogP contribution >= 0.6 is 0 Å². The molecule has 16 heavy (non-hydrogen) atoms. The summed E-state index contributed by atoms with van der Waals surface area (Å²) in [7, 11) is 1.82. The van der Waals surface area contributed by atoms with Crippen LogP contribution in [0.2, 0.25) is 0 Å². The van der Waals surface area contributed by atoms with Crippen molar-refractivity contribution in [3.8, 4) is 0 Å².